The summed E-state index contributed by atoms with van der Waals surface area (Å²) in [4.78, 5) is 19.7. The number of imidazole rings is 1. The first-order chi connectivity index (χ1) is 14.4. The van der Waals surface area contributed by atoms with Crippen LogP contribution in [0.1, 0.15) is 30.3 Å². The number of rotatable bonds is 6. The second-order valence-corrected chi connectivity index (χ2v) is 9.83. The molecule has 8 heteroatoms. The summed E-state index contributed by atoms with van der Waals surface area (Å²) < 4.78 is 30.9. The molecule has 1 fully saturated rings. The molecule has 1 aliphatic heterocycles. The van der Waals surface area contributed by atoms with Gasteiger partial charge >= 0.3 is 0 Å². The summed E-state index contributed by atoms with van der Waals surface area (Å²) in [5.41, 5.74) is 2.50. The lowest BCUT2D eigenvalue weighted by Crippen LogP contribution is -2.34. The smallest absolute Gasteiger partial charge is 0.243 e. The van der Waals surface area contributed by atoms with E-state index in [0.717, 1.165) is 29.7 Å². The van der Waals surface area contributed by atoms with E-state index < -0.39 is 9.84 Å². The van der Waals surface area contributed by atoms with Crippen LogP contribution in [-0.4, -0.2) is 48.7 Å². The van der Waals surface area contributed by atoms with Gasteiger partial charge in [-0.15, -0.1) is 0 Å². The van der Waals surface area contributed by atoms with Crippen molar-refractivity contribution in [2.24, 2.45) is 0 Å². The fourth-order valence-corrected chi connectivity index (χ4v) is 4.82. The lowest BCUT2D eigenvalue weighted by molar-refractivity contribution is -0.132. The van der Waals surface area contributed by atoms with Crippen LogP contribution in [0.15, 0.2) is 48.5 Å². The number of aromatic nitrogens is 2. The van der Waals surface area contributed by atoms with Gasteiger partial charge in [0.2, 0.25) is 5.91 Å². The Hall–Kier alpha value is -2.87. The Morgan fingerprint density at radius 1 is 1.20 bits per heavy atom. The summed E-state index contributed by atoms with van der Waals surface area (Å²) >= 11 is 0. The van der Waals surface area contributed by atoms with Gasteiger partial charge in [-0.2, -0.15) is 0 Å². The topological polar surface area (TPSA) is 81.5 Å². The van der Waals surface area contributed by atoms with Crippen molar-refractivity contribution in [3.8, 4) is 5.75 Å². The van der Waals surface area contributed by atoms with E-state index in [0.29, 0.717) is 17.9 Å². The Kier molecular flexibility index (Phi) is 5.51. The average Bonchev–Trinajstić information content (AvgIpc) is 3.32. The molecule has 1 amide bonds. The summed E-state index contributed by atoms with van der Waals surface area (Å²) in [7, 11) is -1.66. The van der Waals surface area contributed by atoms with Crippen molar-refractivity contribution in [3.05, 3.63) is 59.9 Å². The van der Waals surface area contributed by atoms with Gasteiger partial charge in [0.15, 0.2) is 9.84 Å². The number of sulfone groups is 1. The zero-order valence-corrected chi connectivity index (χ0v) is 17.9. The lowest BCUT2D eigenvalue weighted by Gasteiger charge is -2.26. The Morgan fingerprint density at radius 2 is 2.00 bits per heavy atom. The van der Waals surface area contributed by atoms with Gasteiger partial charge in [0.25, 0.3) is 0 Å². The minimum absolute atomic E-state index is 0.0132. The molecule has 2 heterocycles. The highest BCUT2D eigenvalue weighted by Gasteiger charge is 2.31. The Morgan fingerprint density at radius 3 is 2.77 bits per heavy atom. The van der Waals surface area contributed by atoms with Gasteiger partial charge in [0, 0.05) is 12.8 Å². The maximum absolute atomic E-state index is 13.3. The largest absolute Gasteiger partial charge is 0.497 e. The number of carbonyl (C=O) groups is 1. The fourth-order valence-electron chi connectivity index (χ4n) is 4.13. The molecule has 1 aliphatic rings. The number of ether oxygens (including phenoxy) is 1. The zero-order chi connectivity index (χ0) is 21.3. The third-order valence-corrected chi connectivity index (χ3v) is 6.25. The normalized spacial score (nSPS) is 16.9. The van der Waals surface area contributed by atoms with Crippen LogP contribution in [0.25, 0.3) is 11.0 Å². The molecule has 0 aliphatic carbocycles. The van der Waals surface area contributed by atoms with Gasteiger partial charge in [-0.05, 0) is 42.7 Å². The second-order valence-electron chi connectivity index (χ2n) is 7.69. The average molecular weight is 428 g/mol. The van der Waals surface area contributed by atoms with Crippen molar-refractivity contribution in [3.63, 3.8) is 0 Å². The molecule has 1 atom stereocenters. The molecule has 0 N–H and O–H groups in total. The highest BCUT2D eigenvalue weighted by molar-refractivity contribution is 7.89. The number of para-hydroxylation sites is 2. The molecular formula is C22H25N3O4S. The molecule has 0 saturated carbocycles. The van der Waals surface area contributed by atoms with Crippen LogP contribution >= 0.6 is 0 Å². The highest BCUT2D eigenvalue weighted by atomic mass is 32.2. The summed E-state index contributed by atoms with van der Waals surface area (Å²) in [6, 6.07) is 15.2. The Balaban J connectivity index is 1.64. The molecule has 1 saturated heterocycles. The van der Waals surface area contributed by atoms with Crippen LogP contribution in [0.2, 0.25) is 0 Å². The first kappa shape index (κ1) is 20.4. The number of likely N-dealkylation sites (tertiary alicyclic amines) is 1. The van der Waals surface area contributed by atoms with E-state index >= 15 is 0 Å². The van der Waals surface area contributed by atoms with E-state index in [1.807, 2.05) is 53.4 Å². The molecular weight excluding hydrogens is 402 g/mol. The van der Waals surface area contributed by atoms with Crippen LogP contribution in [0.3, 0.4) is 0 Å². The maximum Gasteiger partial charge on any atom is 0.243 e. The van der Waals surface area contributed by atoms with Gasteiger partial charge in [0.05, 0.1) is 24.2 Å². The van der Waals surface area contributed by atoms with Crippen molar-refractivity contribution >= 4 is 26.8 Å². The summed E-state index contributed by atoms with van der Waals surface area (Å²) in [6.45, 7) is 0.737. The van der Waals surface area contributed by atoms with Gasteiger partial charge < -0.3 is 14.2 Å². The van der Waals surface area contributed by atoms with Crippen LogP contribution in [0.4, 0.5) is 0 Å². The van der Waals surface area contributed by atoms with Gasteiger partial charge in [0.1, 0.15) is 23.9 Å². The predicted octanol–water partition coefficient (Wildman–Crippen LogP) is 2.95. The summed E-state index contributed by atoms with van der Waals surface area (Å²) in [5.74, 6) is 0.916. The Bertz CT molecular complexity index is 1190. The van der Waals surface area contributed by atoms with E-state index in [-0.39, 0.29) is 24.2 Å². The lowest BCUT2D eigenvalue weighted by atomic mass is 10.0. The highest BCUT2D eigenvalue weighted by Crippen LogP contribution is 2.34. The van der Waals surface area contributed by atoms with E-state index in [1.54, 1.807) is 11.7 Å². The monoisotopic (exact) mass is 427 g/mol. The van der Waals surface area contributed by atoms with Crippen molar-refractivity contribution in [1.29, 1.82) is 0 Å². The van der Waals surface area contributed by atoms with Crippen LogP contribution < -0.4 is 4.74 Å². The van der Waals surface area contributed by atoms with Crippen LogP contribution in [-0.2, 0) is 26.9 Å². The molecule has 3 aromatic rings. The molecule has 2 aromatic carbocycles. The number of amides is 1. The molecule has 158 valence electrons. The fraction of sp³-hybridized carbons (Fsp3) is 0.364. The number of hydrogen-bond acceptors (Lipinski definition) is 5. The van der Waals surface area contributed by atoms with Gasteiger partial charge in [-0.25, -0.2) is 13.4 Å². The second kappa shape index (κ2) is 8.10. The number of hydrogen-bond donors (Lipinski definition) is 0. The molecule has 1 unspecified atom stereocenters. The molecule has 0 radical (unpaired) electrons. The van der Waals surface area contributed by atoms with Gasteiger partial charge in [-0.3, -0.25) is 4.79 Å². The number of nitrogens with zero attached hydrogens (tertiary/aromatic N) is 3. The van der Waals surface area contributed by atoms with Crippen molar-refractivity contribution in [2.75, 3.05) is 19.9 Å². The first-order valence-electron chi connectivity index (χ1n) is 9.91. The minimum atomic E-state index is -3.29. The molecule has 0 spiro atoms. The van der Waals surface area contributed by atoms with Crippen molar-refractivity contribution in [1.82, 2.24) is 14.5 Å². The van der Waals surface area contributed by atoms with Crippen molar-refractivity contribution < 1.29 is 17.9 Å². The summed E-state index contributed by atoms with van der Waals surface area (Å²) in [5, 5.41) is 0. The standard InChI is InChI=1S/C22H25N3O4S/c1-29-17-8-5-7-16(13-17)19-11-6-12-24(19)22(26)14-25-20-10-4-3-9-18(20)23-21(25)15-30(2,27)28/h3-5,7-10,13,19H,6,11-12,14-15H2,1-2H3. The number of fused-ring (bicyclic) bond motifs is 1. The van der Waals surface area contributed by atoms with Crippen LogP contribution in [0, 0.1) is 0 Å². The SMILES string of the molecule is COc1cccc(C2CCCN2C(=O)Cn2c(CS(C)(=O)=O)nc3ccccc32)c1. The minimum Gasteiger partial charge on any atom is -0.497 e. The van der Waals surface area contributed by atoms with E-state index in [9.17, 15) is 13.2 Å². The molecule has 4 rings (SSSR count). The van der Waals surface area contributed by atoms with E-state index in [4.69, 9.17) is 4.74 Å². The van der Waals surface area contributed by atoms with Gasteiger partial charge in [-0.1, -0.05) is 24.3 Å². The third kappa shape index (κ3) is 4.18. The van der Waals surface area contributed by atoms with Crippen LogP contribution in [0.5, 0.6) is 5.75 Å². The van der Waals surface area contributed by atoms with E-state index in [2.05, 4.69) is 4.98 Å². The number of carbonyl (C=O) groups excluding carboxylic acids is 1. The van der Waals surface area contributed by atoms with Crippen molar-refractivity contribution in [2.45, 2.75) is 31.2 Å². The number of methoxy groups -OCH3 is 1. The zero-order valence-electron chi connectivity index (χ0n) is 17.1. The quantitative estimate of drug-likeness (QED) is 0.604. The predicted molar refractivity (Wildman–Crippen MR) is 115 cm³/mol. The summed E-state index contributed by atoms with van der Waals surface area (Å²) in [6.07, 6.45) is 2.99. The third-order valence-electron chi connectivity index (χ3n) is 5.47. The first-order valence-corrected chi connectivity index (χ1v) is 12.0. The Labute approximate surface area is 176 Å². The number of benzene rings is 2. The molecule has 30 heavy (non-hydrogen) atoms. The maximum atomic E-state index is 13.3. The molecule has 7 nitrogen and oxygen atoms in total. The van der Waals surface area contributed by atoms with E-state index in [1.165, 1.54) is 6.26 Å². The molecule has 0 bridgehead atoms. The molecule has 1 aromatic heterocycles.